The van der Waals surface area contributed by atoms with Gasteiger partial charge in [0.05, 0.1) is 21.7 Å². The maximum absolute atomic E-state index is 8.79. The van der Waals surface area contributed by atoms with Gasteiger partial charge in [0.2, 0.25) is 0 Å². The normalized spacial score (nSPS) is 9.89. The Balaban J connectivity index is 2.29. The molecule has 0 fully saturated rings. The van der Waals surface area contributed by atoms with E-state index < -0.39 is 0 Å². The standard InChI is InChI=1S/C14H9Cl2NO/c1-9-6-10(8-17)2-5-14(9)18-11-3-4-12(15)13(16)7-11/h2-7H,1H3. The van der Waals surface area contributed by atoms with E-state index in [1.54, 1.807) is 36.4 Å². The summed E-state index contributed by atoms with van der Waals surface area (Å²) >= 11 is 11.7. The van der Waals surface area contributed by atoms with Crippen LogP contribution in [0.15, 0.2) is 36.4 Å². The van der Waals surface area contributed by atoms with E-state index in [1.165, 1.54) is 0 Å². The lowest BCUT2D eigenvalue weighted by Gasteiger charge is -2.09. The fourth-order valence-corrected chi connectivity index (χ4v) is 1.79. The number of nitriles is 1. The highest BCUT2D eigenvalue weighted by Gasteiger charge is 2.05. The Labute approximate surface area is 115 Å². The van der Waals surface area contributed by atoms with Gasteiger partial charge in [-0.05, 0) is 42.8 Å². The van der Waals surface area contributed by atoms with Gasteiger partial charge in [-0.2, -0.15) is 5.26 Å². The van der Waals surface area contributed by atoms with Crippen molar-refractivity contribution in [3.63, 3.8) is 0 Å². The molecule has 0 saturated heterocycles. The minimum atomic E-state index is 0.445. The molecule has 0 atom stereocenters. The maximum Gasteiger partial charge on any atom is 0.130 e. The smallest absolute Gasteiger partial charge is 0.130 e. The van der Waals surface area contributed by atoms with Gasteiger partial charge < -0.3 is 4.74 Å². The fraction of sp³-hybridized carbons (Fsp3) is 0.0714. The van der Waals surface area contributed by atoms with E-state index in [-0.39, 0.29) is 0 Å². The third kappa shape index (κ3) is 2.76. The van der Waals surface area contributed by atoms with Crippen molar-refractivity contribution in [3.05, 3.63) is 57.6 Å². The van der Waals surface area contributed by atoms with Crippen LogP contribution in [-0.4, -0.2) is 0 Å². The summed E-state index contributed by atoms with van der Waals surface area (Å²) in [6, 6.07) is 12.4. The van der Waals surface area contributed by atoms with Crippen molar-refractivity contribution in [3.8, 4) is 17.6 Å². The van der Waals surface area contributed by atoms with Gasteiger partial charge in [0.1, 0.15) is 11.5 Å². The van der Waals surface area contributed by atoms with Crippen LogP contribution in [0.25, 0.3) is 0 Å². The van der Waals surface area contributed by atoms with Crippen LogP contribution in [0.3, 0.4) is 0 Å². The molecule has 0 unspecified atom stereocenters. The van der Waals surface area contributed by atoms with E-state index in [1.807, 2.05) is 6.92 Å². The van der Waals surface area contributed by atoms with Crippen LogP contribution in [0.5, 0.6) is 11.5 Å². The van der Waals surface area contributed by atoms with Gasteiger partial charge in [0.15, 0.2) is 0 Å². The van der Waals surface area contributed by atoms with Gasteiger partial charge in [-0.25, -0.2) is 0 Å². The van der Waals surface area contributed by atoms with E-state index >= 15 is 0 Å². The molecule has 4 heteroatoms. The summed E-state index contributed by atoms with van der Waals surface area (Å²) in [6.07, 6.45) is 0. The average Bonchev–Trinajstić information content (AvgIpc) is 2.36. The average molecular weight is 278 g/mol. The predicted molar refractivity (Wildman–Crippen MR) is 72.4 cm³/mol. The molecule has 2 aromatic carbocycles. The first-order valence-electron chi connectivity index (χ1n) is 5.24. The summed E-state index contributed by atoms with van der Waals surface area (Å²) < 4.78 is 5.69. The fourth-order valence-electron chi connectivity index (χ4n) is 1.50. The zero-order valence-corrected chi connectivity index (χ0v) is 11.1. The van der Waals surface area contributed by atoms with Gasteiger partial charge >= 0.3 is 0 Å². The minimum Gasteiger partial charge on any atom is -0.457 e. The van der Waals surface area contributed by atoms with Crippen molar-refractivity contribution in [1.82, 2.24) is 0 Å². The second-order valence-electron chi connectivity index (χ2n) is 3.77. The zero-order valence-electron chi connectivity index (χ0n) is 9.58. The molecular weight excluding hydrogens is 269 g/mol. The summed E-state index contributed by atoms with van der Waals surface area (Å²) in [5.74, 6) is 1.30. The molecular formula is C14H9Cl2NO. The molecule has 0 spiro atoms. The van der Waals surface area contributed by atoms with E-state index in [9.17, 15) is 0 Å². The Morgan fingerprint density at radius 2 is 1.83 bits per heavy atom. The van der Waals surface area contributed by atoms with E-state index in [0.29, 0.717) is 27.1 Å². The summed E-state index contributed by atoms with van der Waals surface area (Å²) in [6.45, 7) is 1.88. The van der Waals surface area contributed by atoms with Crippen LogP contribution in [-0.2, 0) is 0 Å². The number of rotatable bonds is 2. The Morgan fingerprint density at radius 3 is 2.44 bits per heavy atom. The third-order valence-electron chi connectivity index (χ3n) is 2.42. The molecule has 18 heavy (non-hydrogen) atoms. The SMILES string of the molecule is Cc1cc(C#N)ccc1Oc1ccc(Cl)c(Cl)c1. The number of aryl methyl sites for hydroxylation is 1. The third-order valence-corrected chi connectivity index (χ3v) is 3.16. The van der Waals surface area contributed by atoms with Crippen LogP contribution < -0.4 is 4.74 Å². The summed E-state index contributed by atoms with van der Waals surface area (Å²) in [4.78, 5) is 0. The first kappa shape index (κ1) is 12.8. The molecule has 0 bridgehead atoms. The first-order valence-corrected chi connectivity index (χ1v) is 5.99. The van der Waals surface area contributed by atoms with Gasteiger partial charge in [-0.1, -0.05) is 23.2 Å². The molecule has 0 aliphatic carbocycles. The molecule has 0 saturated carbocycles. The number of hydrogen-bond donors (Lipinski definition) is 0. The minimum absolute atomic E-state index is 0.445. The molecule has 0 aliphatic heterocycles. The van der Waals surface area contributed by atoms with Crippen LogP contribution in [0.2, 0.25) is 10.0 Å². The monoisotopic (exact) mass is 277 g/mol. The molecule has 0 N–H and O–H groups in total. The molecule has 0 radical (unpaired) electrons. The number of halogens is 2. The second kappa shape index (κ2) is 5.30. The van der Waals surface area contributed by atoms with Crippen molar-refractivity contribution < 1.29 is 4.74 Å². The molecule has 2 rings (SSSR count). The number of nitrogens with zero attached hydrogens (tertiary/aromatic N) is 1. The molecule has 0 aliphatic rings. The number of ether oxygens (including phenoxy) is 1. The van der Waals surface area contributed by atoms with E-state index in [0.717, 1.165) is 5.56 Å². The van der Waals surface area contributed by atoms with E-state index in [2.05, 4.69) is 6.07 Å². The number of benzene rings is 2. The summed E-state index contributed by atoms with van der Waals surface area (Å²) in [7, 11) is 0. The topological polar surface area (TPSA) is 33.0 Å². The zero-order chi connectivity index (χ0) is 13.1. The van der Waals surface area contributed by atoms with Gasteiger partial charge in [0.25, 0.3) is 0 Å². The van der Waals surface area contributed by atoms with Crippen molar-refractivity contribution in [2.24, 2.45) is 0 Å². The molecule has 90 valence electrons. The number of hydrogen-bond acceptors (Lipinski definition) is 2. The maximum atomic E-state index is 8.79. The van der Waals surface area contributed by atoms with Gasteiger partial charge in [-0.3, -0.25) is 0 Å². The second-order valence-corrected chi connectivity index (χ2v) is 4.58. The van der Waals surface area contributed by atoms with Gasteiger partial charge in [0, 0.05) is 6.07 Å². The summed E-state index contributed by atoms with van der Waals surface area (Å²) in [5, 5.41) is 9.72. The largest absolute Gasteiger partial charge is 0.457 e. The summed E-state index contributed by atoms with van der Waals surface area (Å²) in [5.41, 5.74) is 1.49. The highest BCUT2D eigenvalue weighted by atomic mass is 35.5. The van der Waals surface area contributed by atoms with E-state index in [4.69, 9.17) is 33.2 Å². The van der Waals surface area contributed by atoms with Crippen molar-refractivity contribution >= 4 is 23.2 Å². The highest BCUT2D eigenvalue weighted by molar-refractivity contribution is 6.42. The van der Waals surface area contributed by atoms with Crippen molar-refractivity contribution in [2.45, 2.75) is 6.92 Å². The lowest BCUT2D eigenvalue weighted by Crippen LogP contribution is -1.88. The van der Waals surface area contributed by atoms with Crippen molar-refractivity contribution in [2.75, 3.05) is 0 Å². The molecule has 2 aromatic rings. The van der Waals surface area contributed by atoms with Crippen LogP contribution in [0, 0.1) is 18.3 Å². The highest BCUT2D eigenvalue weighted by Crippen LogP contribution is 2.30. The lowest BCUT2D eigenvalue weighted by atomic mass is 10.1. The van der Waals surface area contributed by atoms with Gasteiger partial charge in [-0.15, -0.1) is 0 Å². The predicted octanol–water partition coefficient (Wildman–Crippen LogP) is 4.97. The quantitative estimate of drug-likeness (QED) is 0.777. The lowest BCUT2D eigenvalue weighted by molar-refractivity contribution is 0.479. The molecule has 0 aromatic heterocycles. The molecule has 0 amide bonds. The van der Waals surface area contributed by atoms with Crippen molar-refractivity contribution in [1.29, 1.82) is 5.26 Å². The van der Waals surface area contributed by atoms with Crippen LogP contribution in [0.1, 0.15) is 11.1 Å². The Morgan fingerprint density at radius 1 is 1.06 bits per heavy atom. The molecule has 0 heterocycles. The van der Waals surface area contributed by atoms with Crippen LogP contribution >= 0.6 is 23.2 Å². The van der Waals surface area contributed by atoms with Crippen LogP contribution in [0.4, 0.5) is 0 Å². The Bertz CT molecular complexity index is 632. The Kier molecular flexibility index (Phi) is 3.76. The first-order chi connectivity index (χ1) is 8.60. The molecule has 2 nitrogen and oxygen atoms in total. The Hall–Kier alpha value is -1.69.